The minimum absolute atomic E-state index is 0.473. The molecule has 104 valence electrons. The van der Waals surface area contributed by atoms with Crippen molar-refractivity contribution >= 4 is 23.5 Å². The van der Waals surface area contributed by atoms with Gasteiger partial charge in [0.15, 0.2) is 0 Å². The van der Waals surface area contributed by atoms with Gasteiger partial charge in [0, 0.05) is 17.9 Å². The lowest BCUT2D eigenvalue weighted by molar-refractivity contribution is 0.0759. The quantitative estimate of drug-likeness (QED) is 0.917. The highest BCUT2D eigenvalue weighted by molar-refractivity contribution is 8.20. The minimum atomic E-state index is -0.891. The van der Waals surface area contributed by atoms with Gasteiger partial charge >= 0.3 is 0 Å². The summed E-state index contributed by atoms with van der Waals surface area (Å²) in [4.78, 5) is 0. The second-order valence-electron chi connectivity index (χ2n) is 4.97. The zero-order valence-electron chi connectivity index (χ0n) is 11.2. The van der Waals surface area contributed by atoms with Gasteiger partial charge in [-0.25, -0.2) is 0 Å². The van der Waals surface area contributed by atoms with E-state index in [2.05, 4.69) is 0 Å². The highest BCUT2D eigenvalue weighted by Crippen LogP contribution is 2.43. The summed E-state index contributed by atoms with van der Waals surface area (Å²) in [6.07, 6.45) is 0.760. The molecule has 1 heterocycles. The maximum absolute atomic E-state index is 11.4. The summed E-state index contributed by atoms with van der Waals surface area (Å²) in [5.41, 5.74) is 1.08. The van der Waals surface area contributed by atoms with E-state index in [1.54, 1.807) is 0 Å². The van der Waals surface area contributed by atoms with Crippen molar-refractivity contribution in [1.29, 1.82) is 0 Å². The van der Waals surface area contributed by atoms with Crippen LogP contribution in [0.5, 0.6) is 0 Å². The molecule has 3 heteroatoms. The van der Waals surface area contributed by atoms with Crippen LogP contribution in [0.15, 0.2) is 60.7 Å². The Morgan fingerprint density at radius 2 is 1.30 bits per heavy atom. The van der Waals surface area contributed by atoms with Crippen LogP contribution in [0.1, 0.15) is 17.5 Å². The van der Waals surface area contributed by atoms with Crippen molar-refractivity contribution in [3.8, 4) is 0 Å². The first-order valence-electron chi connectivity index (χ1n) is 6.86. The Kier molecular flexibility index (Phi) is 4.39. The predicted molar refractivity (Wildman–Crippen MR) is 89.2 cm³/mol. The van der Waals surface area contributed by atoms with Gasteiger partial charge in [0.25, 0.3) is 0 Å². The van der Waals surface area contributed by atoms with E-state index in [1.165, 1.54) is 11.5 Å². The molecule has 0 saturated carbocycles. The number of hydrogen-bond donors (Lipinski definition) is 1. The average molecular weight is 302 g/mol. The number of hydrogen-bond acceptors (Lipinski definition) is 3. The summed E-state index contributed by atoms with van der Waals surface area (Å²) in [7, 11) is 0. The zero-order chi connectivity index (χ0) is 13.8. The highest BCUT2D eigenvalue weighted by Gasteiger charge is 2.35. The average Bonchev–Trinajstić information content (AvgIpc) is 3.02. The number of aliphatic hydroxyl groups is 1. The Bertz CT molecular complexity index is 496. The first kappa shape index (κ1) is 14.1. The van der Waals surface area contributed by atoms with Gasteiger partial charge < -0.3 is 5.11 Å². The van der Waals surface area contributed by atoms with Crippen molar-refractivity contribution in [1.82, 2.24) is 0 Å². The number of thioether (sulfide) groups is 2. The van der Waals surface area contributed by atoms with Crippen LogP contribution in [0.4, 0.5) is 0 Å². The predicted octanol–water partition coefficient (Wildman–Crippen LogP) is 4.12. The molecule has 0 unspecified atom stereocenters. The standard InChI is InChI=1S/C17H18OS2/c18-17(13-16-19-11-12-20-16,14-7-3-1-4-8-14)15-9-5-2-6-10-15/h1-10,16,18H,11-13H2. The van der Waals surface area contributed by atoms with Crippen molar-refractivity contribution < 1.29 is 5.11 Å². The molecule has 1 aliphatic heterocycles. The molecule has 20 heavy (non-hydrogen) atoms. The Morgan fingerprint density at radius 1 is 0.850 bits per heavy atom. The van der Waals surface area contributed by atoms with Crippen molar-refractivity contribution in [3.63, 3.8) is 0 Å². The van der Waals surface area contributed by atoms with Gasteiger partial charge in [-0.3, -0.25) is 0 Å². The summed E-state index contributed by atoms with van der Waals surface area (Å²) >= 11 is 3.92. The molecule has 0 radical (unpaired) electrons. The Balaban J connectivity index is 1.98. The van der Waals surface area contributed by atoms with E-state index in [4.69, 9.17) is 0 Å². The van der Waals surface area contributed by atoms with Gasteiger partial charge in [0.2, 0.25) is 0 Å². The maximum Gasteiger partial charge on any atom is 0.116 e. The van der Waals surface area contributed by atoms with E-state index in [1.807, 2.05) is 84.2 Å². The van der Waals surface area contributed by atoms with Gasteiger partial charge in [-0.1, -0.05) is 60.7 Å². The normalized spacial score (nSPS) is 16.4. The molecule has 0 spiro atoms. The van der Waals surface area contributed by atoms with Crippen LogP contribution in [0.2, 0.25) is 0 Å². The van der Waals surface area contributed by atoms with Gasteiger partial charge in [0.05, 0.1) is 4.58 Å². The lowest BCUT2D eigenvalue weighted by Gasteiger charge is -2.31. The lowest BCUT2D eigenvalue weighted by Crippen LogP contribution is -2.30. The fourth-order valence-electron chi connectivity index (χ4n) is 2.60. The lowest BCUT2D eigenvalue weighted by atomic mass is 9.84. The Labute approximate surface area is 128 Å². The van der Waals surface area contributed by atoms with Crippen LogP contribution in [0.3, 0.4) is 0 Å². The molecular weight excluding hydrogens is 284 g/mol. The topological polar surface area (TPSA) is 20.2 Å². The molecule has 0 amide bonds. The fourth-order valence-corrected chi connectivity index (χ4v) is 5.57. The molecule has 0 aliphatic carbocycles. The first-order valence-corrected chi connectivity index (χ1v) is 8.95. The summed E-state index contributed by atoms with van der Waals surface area (Å²) in [5, 5.41) is 11.4. The minimum Gasteiger partial charge on any atom is -0.380 e. The smallest absolute Gasteiger partial charge is 0.116 e. The zero-order valence-corrected chi connectivity index (χ0v) is 12.9. The molecule has 2 aromatic rings. The molecule has 3 rings (SSSR count). The van der Waals surface area contributed by atoms with Gasteiger partial charge in [-0.15, -0.1) is 23.5 Å². The fraction of sp³-hybridized carbons (Fsp3) is 0.294. The highest BCUT2D eigenvalue weighted by atomic mass is 32.2. The summed E-state index contributed by atoms with van der Waals surface area (Å²) in [6.45, 7) is 0. The van der Waals surface area contributed by atoms with E-state index in [-0.39, 0.29) is 0 Å². The second kappa shape index (κ2) is 6.25. The van der Waals surface area contributed by atoms with Crippen molar-refractivity contribution in [2.75, 3.05) is 11.5 Å². The molecule has 1 saturated heterocycles. The van der Waals surface area contributed by atoms with E-state index in [9.17, 15) is 5.11 Å². The molecule has 1 fully saturated rings. The van der Waals surface area contributed by atoms with Crippen LogP contribution < -0.4 is 0 Å². The largest absolute Gasteiger partial charge is 0.380 e. The van der Waals surface area contributed by atoms with Gasteiger partial charge in [0.1, 0.15) is 5.60 Å². The SMILES string of the molecule is OC(CC1SCCS1)(c1ccccc1)c1ccccc1. The second-order valence-corrected chi connectivity index (χ2v) is 7.89. The van der Waals surface area contributed by atoms with E-state index in [0.29, 0.717) is 4.58 Å². The molecule has 2 aromatic carbocycles. The van der Waals surface area contributed by atoms with Crippen molar-refractivity contribution in [2.24, 2.45) is 0 Å². The van der Waals surface area contributed by atoms with E-state index in [0.717, 1.165) is 17.5 Å². The molecular formula is C17H18OS2. The van der Waals surface area contributed by atoms with Crippen LogP contribution >= 0.6 is 23.5 Å². The monoisotopic (exact) mass is 302 g/mol. The summed E-state index contributed by atoms with van der Waals surface area (Å²) in [6, 6.07) is 20.1. The van der Waals surface area contributed by atoms with Gasteiger partial charge in [-0.2, -0.15) is 0 Å². The van der Waals surface area contributed by atoms with Crippen molar-refractivity contribution in [3.05, 3.63) is 71.8 Å². The molecule has 0 aromatic heterocycles. The molecule has 0 bridgehead atoms. The van der Waals surface area contributed by atoms with Crippen molar-refractivity contribution in [2.45, 2.75) is 16.6 Å². The van der Waals surface area contributed by atoms with E-state index >= 15 is 0 Å². The van der Waals surface area contributed by atoms with Crippen LogP contribution in [-0.4, -0.2) is 21.2 Å². The summed E-state index contributed by atoms with van der Waals surface area (Å²) < 4.78 is 0.473. The maximum atomic E-state index is 11.4. The third kappa shape index (κ3) is 2.90. The molecule has 1 nitrogen and oxygen atoms in total. The van der Waals surface area contributed by atoms with Gasteiger partial charge in [-0.05, 0) is 11.1 Å². The van der Waals surface area contributed by atoms with Crippen LogP contribution in [0, 0.1) is 0 Å². The summed E-state index contributed by atoms with van der Waals surface area (Å²) in [5.74, 6) is 2.38. The third-order valence-corrected chi connectivity index (χ3v) is 6.69. The van der Waals surface area contributed by atoms with E-state index < -0.39 is 5.60 Å². The Hall–Kier alpha value is -0.900. The Morgan fingerprint density at radius 3 is 1.75 bits per heavy atom. The molecule has 1 aliphatic rings. The van der Waals surface area contributed by atoms with Crippen LogP contribution in [0.25, 0.3) is 0 Å². The number of rotatable bonds is 4. The number of benzene rings is 2. The molecule has 1 N–H and O–H groups in total. The van der Waals surface area contributed by atoms with Crippen LogP contribution in [-0.2, 0) is 5.60 Å². The molecule has 0 atom stereocenters. The first-order chi connectivity index (χ1) is 9.79. The third-order valence-electron chi connectivity index (χ3n) is 3.66.